The number of nitrogens with zero attached hydrogens (tertiary/aromatic N) is 2. The summed E-state index contributed by atoms with van der Waals surface area (Å²) in [7, 11) is 0. The summed E-state index contributed by atoms with van der Waals surface area (Å²) in [6.45, 7) is 4.05. The molecule has 0 fully saturated rings. The molecule has 0 aliphatic heterocycles. The molecular formula is C16H20N4O3. The molecule has 0 saturated carbocycles. The lowest BCUT2D eigenvalue weighted by molar-refractivity contribution is -0.117. The molecule has 1 aromatic carbocycles. The van der Waals surface area contributed by atoms with Crippen molar-refractivity contribution in [2.75, 3.05) is 11.9 Å². The Balaban J connectivity index is 1.89. The maximum Gasteiger partial charge on any atom is 0.318 e. The maximum absolute atomic E-state index is 12.3. The van der Waals surface area contributed by atoms with E-state index < -0.39 is 0 Å². The molecule has 0 aliphatic carbocycles. The minimum atomic E-state index is -0.331. The van der Waals surface area contributed by atoms with Gasteiger partial charge in [-0.1, -0.05) is 35.5 Å². The number of hydrogen-bond acceptors (Lipinski definition) is 4. The van der Waals surface area contributed by atoms with Crippen LogP contribution in [0.1, 0.15) is 19.4 Å². The zero-order valence-corrected chi connectivity index (χ0v) is 13.2. The Hall–Kier alpha value is -2.83. The SMILES string of the molecule is CC(C)N(CC(=O)Nc1ccon1)C(=O)NCc1ccccc1. The van der Waals surface area contributed by atoms with Gasteiger partial charge < -0.3 is 20.1 Å². The molecule has 3 amide bonds. The Morgan fingerprint density at radius 1 is 1.22 bits per heavy atom. The van der Waals surface area contributed by atoms with E-state index in [0.29, 0.717) is 12.4 Å². The maximum atomic E-state index is 12.3. The predicted octanol–water partition coefficient (Wildman–Crippen LogP) is 2.23. The van der Waals surface area contributed by atoms with Crippen LogP contribution in [0.25, 0.3) is 0 Å². The molecular weight excluding hydrogens is 296 g/mol. The van der Waals surface area contributed by atoms with Gasteiger partial charge in [-0.25, -0.2) is 4.79 Å². The number of benzene rings is 1. The first kappa shape index (κ1) is 16.5. The van der Waals surface area contributed by atoms with Crippen molar-refractivity contribution in [1.29, 1.82) is 0 Å². The summed E-state index contributed by atoms with van der Waals surface area (Å²) in [4.78, 5) is 25.7. The van der Waals surface area contributed by atoms with E-state index in [1.54, 1.807) is 0 Å². The molecule has 0 radical (unpaired) electrons. The molecule has 7 nitrogen and oxygen atoms in total. The van der Waals surface area contributed by atoms with Crippen LogP contribution in [0.4, 0.5) is 10.6 Å². The normalized spacial score (nSPS) is 10.4. The van der Waals surface area contributed by atoms with Crippen molar-refractivity contribution in [3.05, 3.63) is 48.2 Å². The average Bonchev–Trinajstić information content (AvgIpc) is 3.04. The number of carbonyl (C=O) groups excluding carboxylic acids is 2. The van der Waals surface area contributed by atoms with E-state index in [4.69, 9.17) is 0 Å². The first-order valence-corrected chi connectivity index (χ1v) is 7.35. The molecule has 1 aromatic heterocycles. The van der Waals surface area contributed by atoms with Crippen LogP contribution in [0.5, 0.6) is 0 Å². The van der Waals surface area contributed by atoms with Gasteiger partial charge in [0.05, 0.1) is 0 Å². The minimum Gasteiger partial charge on any atom is -0.363 e. The van der Waals surface area contributed by atoms with Crippen LogP contribution in [-0.4, -0.2) is 34.6 Å². The van der Waals surface area contributed by atoms with Crippen LogP contribution in [-0.2, 0) is 11.3 Å². The Morgan fingerprint density at radius 3 is 2.57 bits per heavy atom. The van der Waals surface area contributed by atoms with Crippen LogP contribution in [0.2, 0.25) is 0 Å². The van der Waals surface area contributed by atoms with Crippen molar-refractivity contribution in [1.82, 2.24) is 15.4 Å². The van der Waals surface area contributed by atoms with Crippen molar-refractivity contribution in [2.45, 2.75) is 26.4 Å². The topological polar surface area (TPSA) is 87.5 Å². The highest BCUT2D eigenvalue weighted by Crippen LogP contribution is 2.04. The van der Waals surface area contributed by atoms with Gasteiger partial charge in [0.15, 0.2) is 5.82 Å². The van der Waals surface area contributed by atoms with Crippen LogP contribution >= 0.6 is 0 Å². The summed E-state index contributed by atoms with van der Waals surface area (Å²) in [5.74, 6) is -0.00846. The summed E-state index contributed by atoms with van der Waals surface area (Å²) in [6.07, 6.45) is 1.36. The minimum absolute atomic E-state index is 0.0643. The largest absolute Gasteiger partial charge is 0.363 e. The van der Waals surface area contributed by atoms with Gasteiger partial charge in [-0.2, -0.15) is 0 Å². The van der Waals surface area contributed by atoms with Gasteiger partial charge >= 0.3 is 6.03 Å². The third-order valence-electron chi connectivity index (χ3n) is 3.19. The fraction of sp³-hybridized carbons (Fsp3) is 0.312. The van der Waals surface area contributed by atoms with Crippen LogP contribution in [0.3, 0.4) is 0 Å². The number of amides is 3. The number of anilines is 1. The molecule has 0 unspecified atom stereocenters. The number of rotatable bonds is 6. The van der Waals surface area contributed by atoms with Crippen molar-refractivity contribution in [3.8, 4) is 0 Å². The Bertz CT molecular complexity index is 626. The monoisotopic (exact) mass is 316 g/mol. The van der Waals surface area contributed by atoms with Gasteiger partial charge in [0.1, 0.15) is 12.8 Å². The van der Waals surface area contributed by atoms with E-state index in [1.807, 2.05) is 44.2 Å². The fourth-order valence-corrected chi connectivity index (χ4v) is 1.98. The third kappa shape index (κ3) is 5.14. The van der Waals surface area contributed by atoms with Gasteiger partial charge in [-0.3, -0.25) is 4.79 Å². The quantitative estimate of drug-likeness (QED) is 0.855. The standard InChI is InChI=1S/C16H20N4O3/c1-12(2)20(11-15(21)18-14-8-9-23-19-14)16(22)17-10-13-6-4-3-5-7-13/h3-9,12H,10-11H2,1-2H3,(H,17,22)(H,18,19,21). The van der Waals surface area contributed by atoms with E-state index in [1.165, 1.54) is 17.2 Å². The second kappa shape index (κ2) is 7.98. The molecule has 0 aliphatic rings. The first-order chi connectivity index (χ1) is 11.1. The molecule has 2 N–H and O–H groups in total. The molecule has 0 atom stereocenters. The highest BCUT2D eigenvalue weighted by atomic mass is 16.5. The van der Waals surface area contributed by atoms with Gasteiger partial charge in [-0.05, 0) is 19.4 Å². The van der Waals surface area contributed by atoms with E-state index in [0.717, 1.165) is 5.56 Å². The second-order valence-corrected chi connectivity index (χ2v) is 5.30. The van der Waals surface area contributed by atoms with E-state index in [-0.39, 0.29) is 24.5 Å². The Morgan fingerprint density at radius 2 is 1.96 bits per heavy atom. The van der Waals surface area contributed by atoms with Crippen LogP contribution in [0.15, 0.2) is 47.2 Å². The molecule has 2 rings (SSSR count). The average molecular weight is 316 g/mol. The number of carbonyl (C=O) groups is 2. The molecule has 2 aromatic rings. The second-order valence-electron chi connectivity index (χ2n) is 5.30. The molecule has 1 heterocycles. The van der Waals surface area contributed by atoms with Crippen molar-refractivity contribution in [3.63, 3.8) is 0 Å². The highest BCUT2D eigenvalue weighted by molar-refractivity contribution is 5.93. The van der Waals surface area contributed by atoms with Crippen molar-refractivity contribution < 1.29 is 14.1 Å². The summed E-state index contributed by atoms with van der Waals surface area (Å²) in [6, 6.07) is 10.7. The number of hydrogen-bond donors (Lipinski definition) is 2. The van der Waals surface area contributed by atoms with E-state index in [2.05, 4.69) is 20.3 Å². The molecule has 7 heteroatoms. The summed E-state index contributed by atoms with van der Waals surface area (Å²) in [5, 5.41) is 8.99. The van der Waals surface area contributed by atoms with Crippen molar-refractivity contribution >= 4 is 17.8 Å². The van der Waals surface area contributed by atoms with Gasteiger partial charge in [0.2, 0.25) is 5.91 Å². The summed E-state index contributed by atoms with van der Waals surface area (Å²) < 4.78 is 4.65. The highest BCUT2D eigenvalue weighted by Gasteiger charge is 2.20. The van der Waals surface area contributed by atoms with Gasteiger partial charge in [0, 0.05) is 18.7 Å². The zero-order chi connectivity index (χ0) is 16.7. The van der Waals surface area contributed by atoms with Gasteiger partial charge in [0.25, 0.3) is 0 Å². The summed E-state index contributed by atoms with van der Waals surface area (Å²) in [5.41, 5.74) is 0.997. The van der Waals surface area contributed by atoms with Crippen molar-refractivity contribution in [2.24, 2.45) is 0 Å². The van der Waals surface area contributed by atoms with E-state index >= 15 is 0 Å². The number of urea groups is 1. The lowest BCUT2D eigenvalue weighted by Gasteiger charge is -2.26. The third-order valence-corrected chi connectivity index (χ3v) is 3.19. The molecule has 0 saturated heterocycles. The zero-order valence-electron chi connectivity index (χ0n) is 13.2. The van der Waals surface area contributed by atoms with E-state index in [9.17, 15) is 9.59 Å². The Kier molecular flexibility index (Phi) is 5.74. The van der Waals surface area contributed by atoms with Crippen LogP contribution < -0.4 is 10.6 Å². The molecule has 122 valence electrons. The molecule has 23 heavy (non-hydrogen) atoms. The van der Waals surface area contributed by atoms with Crippen LogP contribution in [0, 0.1) is 0 Å². The van der Waals surface area contributed by atoms with Gasteiger partial charge in [-0.15, -0.1) is 0 Å². The summed E-state index contributed by atoms with van der Waals surface area (Å²) >= 11 is 0. The lowest BCUT2D eigenvalue weighted by atomic mass is 10.2. The first-order valence-electron chi connectivity index (χ1n) is 7.35. The molecule has 0 bridgehead atoms. The lowest BCUT2D eigenvalue weighted by Crippen LogP contribution is -2.47. The predicted molar refractivity (Wildman–Crippen MR) is 85.7 cm³/mol. The number of nitrogens with one attached hydrogen (secondary N) is 2. The smallest absolute Gasteiger partial charge is 0.318 e. The molecule has 0 spiro atoms. The fourth-order valence-electron chi connectivity index (χ4n) is 1.98. The Labute approximate surface area is 134 Å². The number of aromatic nitrogens is 1.